The Kier molecular flexibility index (Phi) is 6.81. The van der Waals surface area contributed by atoms with E-state index in [0.717, 1.165) is 16.0 Å². The molecular weight excluding hydrogens is 324 g/mol. The van der Waals surface area contributed by atoms with E-state index in [1.807, 2.05) is 49.6 Å². The summed E-state index contributed by atoms with van der Waals surface area (Å²) >= 11 is 1.55. The van der Waals surface area contributed by atoms with Crippen LogP contribution >= 0.6 is 11.3 Å². The third-order valence-electron chi connectivity index (χ3n) is 3.37. The predicted octanol–water partition coefficient (Wildman–Crippen LogP) is 2.22. The van der Waals surface area contributed by atoms with Crippen molar-refractivity contribution >= 4 is 23.2 Å². The highest BCUT2D eigenvalue weighted by Crippen LogP contribution is 2.18. The Hall–Kier alpha value is -2.34. The molecule has 6 heteroatoms. The molecule has 0 atom stereocenters. The maximum absolute atomic E-state index is 11.7. The Labute approximate surface area is 146 Å². The second kappa shape index (κ2) is 9.08. The minimum absolute atomic E-state index is 0.0347. The number of carbonyl (C=O) groups is 2. The van der Waals surface area contributed by atoms with Crippen molar-refractivity contribution in [1.29, 1.82) is 0 Å². The number of hydrogen-bond acceptors (Lipinski definition) is 4. The van der Waals surface area contributed by atoms with Gasteiger partial charge >= 0.3 is 0 Å². The van der Waals surface area contributed by atoms with Crippen LogP contribution in [0.2, 0.25) is 0 Å². The zero-order chi connectivity index (χ0) is 17.4. The zero-order valence-corrected chi connectivity index (χ0v) is 14.7. The van der Waals surface area contributed by atoms with Gasteiger partial charge in [-0.2, -0.15) is 0 Å². The molecule has 0 fully saturated rings. The van der Waals surface area contributed by atoms with Crippen LogP contribution in [0.1, 0.15) is 16.0 Å². The molecule has 1 heterocycles. The van der Waals surface area contributed by atoms with E-state index in [4.69, 9.17) is 4.74 Å². The van der Waals surface area contributed by atoms with Gasteiger partial charge in [0, 0.05) is 18.0 Å². The largest absolute Gasteiger partial charge is 0.484 e. The van der Waals surface area contributed by atoms with Crippen molar-refractivity contribution in [2.45, 2.75) is 20.3 Å². The lowest BCUT2D eigenvalue weighted by molar-refractivity contribution is -0.124. The summed E-state index contributed by atoms with van der Waals surface area (Å²) in [4.78, 5) is 24.5. The third kappa shape index (κ3) is 6.04. The standard InChI is InChI=1S/C18H22N2O3S/c1-13-5-6-16(14(2)10-13)23-12-18(22)20-8-7-19-17(21)11-15-4-3-9-24-15/h3-6,9-10H,7-8,11-12H2,1-2H3,(H,19,21)(H,20,22). The lowest BCUT2D eigenvalue weighted by Gasteiger charge is -2.10. The molecule has 1 aromatic heterocycles. The van der Waals surface area contributed by atoms with Crippen LogP contribution in [0.5, 0.6) is 5.75 Å². The number of rotatable bonds is 8. The summed E-state index contributed by atoms with van der Waals surface area (Å²) in [5.74, 6) is 0.459. The van der Waals surface area contributed by atoms with Gasteiger partial charge in [0.25, 0.3) is 5.91 Å². The van der Waals surface area contributed by atoms with Crippen molar-refractivity contribution in [3.63, 3.8) is 0 Å². The van der Waals surface area contributed by atoms with Crippen molar-refractivity contribution in [3.05, 3.63) is 51.7 Å². The van der Waals surface area contributed by atoms with E-state index < -0.39 is 0 Å². The topological polar surface area (TPSA) is 67.4 Å². The maximum Gasteiger partial charge on any atom is 0.258 e. The molecule has 128 valence electrons. The van der Waals surface area contributed by atoms with Crippen molar-refractivity contribution < 1.29 is 14.3 Å². The Morgan fingerprint density at radius 3 is 2.50 bits per heavy atom. The molecule has 0 saturated carbocycles. The number of benzene rings is 1. The van der Waals surface area contributed by atoms with E-state index in [2.05, 4.69) is 10.6 Å². The molecule has 0 bridgehead atoms. The van der Waals surface area contributed by atoms with Gasteiger partial charge < -0.3 is 15.4 Å². The van der Waals surface area contributed by atoms with Gasteiger partial charge in [0.2, 0.25) is 5.91 Å². The Morgan fingerprint density at radius 2 is 1.83 bits per heavy atom. The van der Waals surface area contributed by atoms with Crippen LogP contribution in [0.4, 0.5) is 0 Å². The summed E-state index contributed by atoms with van der Waals surface area (Å²) in [7, 11) is 0. The molecule has 0 spiro atoms. The lowest BCUT2D eigenvalue weighted by Crippen LogP contribution is -2.37. The van der Waals surface area contributed by atoms with E-state index in [9.17, 15) is 9.59 Å². The average Bonchev–Trinajstić information content (AvgIpc) is 3.03. The van der Waals surface area contributed by atoms with E-state index in [1.165, 1.54) is 0 Å². The van der Waals surface area contributed by atoms with Crippen molar-refractivity contribution in [2.24, 2.45) is 0 Å². The Bertz CT molecular complexity index is 684. The molecular formula is C18H22N2O3S. The van der Waals surface area contributed by atoms with Crippen LogP contribution in [-0.2, 0) is 16.0 Å². The van der Waals surface area contributed by atoms with Gasteiger partial charge in [-0.1, -0.05) is 23.8 Å². The third-order valence-corrected chi connectivity index (χ3v) is 4.25. The molecule has 0 radical (unpaired) electrons. The fourth-order valence-corrected chi connectivity index (χ4v) is 2.90. The normalized spacial score (nSPS) is 10.2. The molecule has 0 saturated heterocycles. The van der Waals surface area contributed by atoms with Crippen LogP contribution in [0.25, 0.3) is 0 Å². The maximum atomic E-state index is 11.7. The van der Waals surface area contributed by atoms with E-state index in [-0.39, 0.29) is 18.4 Å². The summed E-state index contributed by atoms with van der Waals surface area (Å²) in [6, 6.07) is 9.67. The minimum Gasteiger partial charge on any atom is -0.484 e. The number of aryl methyl sites for hydroxylation is 2. The van der Waals surface area contributed by atoms with E-state index in [1.54, 1.807) is 11.3 Å². The van der Waals surface area contributed by atoms with Gasteiger partial charge in [0.05, 0.1) is 6.42 Å². The second-order valence-electron chi connectivity index (χ2n) is 5.51. The fraction of sp³-hybridized carbons (Fsp3) is 0.333. The van der Waals surface area contributed by atoms with Crippen molar-refractivity contribution in [2.75, 3.05) is 19.7 Å². The van der Waals surface area contributed by atoms with E-state index in [0.29, 0.717) is 25.3 Å². The molecule has 0 unspecified atom stereocenters. The molecule has 2 rings (SSSR count). The van der Waals surface area contributed by atoms with Gasteiger partial charge in [-0.05, 0) is 36.9 Å². The molecule has 0 aliphatic carbocycles. The summed E-state index contributed by atoms with van der Waals surface area (Å²) < 4.78 is 5.50. The number of thiophene rings is 1. The fourth-order valence-electron chi connectivity index (χ4n) is 2.19. The first-order valence-corrected chi connectivity index (χ1v) is 8.68. The number of amides is 2. The molecule has 2 amide bonds. The quantitative estimate of drug-likeness (QED) is 0.720. The highest BCUT2D eigenvalue weighted by molar-refractivity contribution is 7.10. The Balaban J connectivity index is 1.60. The molecule has 1 aromatic carbocycles. The molecule has 0 aliphatic rings. The Morgan fingerprint density at radius 1 is 1.08 bits per heavy atom. The van der Waals surface area contributed by atoms with Crippen LogP contribution in [0.15, 0.2) is 35.7 Å². The van der Waals surface area contributed by atoms with Crippen molar-refractivity contribution in [3.8, 4) is 5.75 Å². The first kappa shape index (κ1) is 18.0. The second-order valence-corrected chi connectivity index (χ2v) is 6.55. The molecule has 24 heavy (non-hydrogen) atoms. The average molecular weight is 346 g/mol. The van der Waals surface area contributed by atoms with E-state index >= 15 is 0 Å². The summed E-state index contributed by atoms with van der Waals surface area (Å²) in [6.45, 7) is 4.71. The first-order chi connectivity index (χ1) is 11.5. The van der Waals surface area contributed by atoms with Crippen LogP contribution in [0.3, 0.4) is 0 Å². The number of hydrogen-bond donors (Lipinski definition) is 2. The molecule has 2 aromatic rings. The molecule has 2 N–H and O–H groups in total. The van der Waals surface area contributed by atoms with Crippen LogP contribution in [0, 0.1) is 13.8 Å². The van der Waals surface area contributed by atoms with Gasteiger partial charge in [0.1, 0.15) is 5.75 Å². The van der Waals surface area contributed by atoms with Crippen LogP contribution < -0.4 is 15.4 Å². The highest BCUT2D eigenvalue weighted by atomic mass is 32.1. The van der Waals surface area contributed by atoms with Gasteiger partial charge in [-0.25, -0.2) is 0 Å². The van der Waals surface area contributed by atoms with Gasteiger partial charge in [-0.15, -0.1) is 11.3 Å². The summed E-state index contributed by atoms with van der Waals surface area (Å²) in [6.07, 6.45) is 0.376. The van der Waals surface area contributed by atoms with Crippen molar-refractivity contribution in [1.82, 2.24) is 10.6 Å². The first-order valence-electron chi connectivity index (χ1n) is 7.80. The SMILES string of the molecule is Cc1ccc(OCC(=O)NCCNC(=O)Cc2cccs2)c(C)c1. The minimum atomic E-state index is -0.206. The highest BCUT2D eigenvalue weighted by Gasteiger charge is 2.06. The predicted molar refractivity (Wildman–Crippen MR) is 95.5 cm³/mol. The van der Waals surface area contributed by atoms with Gasteiger partial charge in [0.15, 0.2) is 6.61 Å². The zero-order valence-electron chi connectivity index (χ0n) is 13.9. The molecule has 5 nitrogen and oxygen atoms in total. The summed E-state index contributed by atoms with van der Waals surface area (Å²) in [5.41, 5.74) is 2.16. The summed E-state index contributed by atoms with van der Waals surface area (Å²) in [5, 5.41) is 7.44. The smallest absolute Gasteiger partial charge is 0.258 e. The monoisotopic (exact) mass is 346 g/mol. The number of nitrogens with one attached hydrogen (secondary N) is 2. The van der Waals surface area contributed by atoms with Crippen LogP contribution in [-0.4, -0.2) is 31.5 Å². The lowest BCUT2D eigenvalue weighted by atomic mass is 10.1. The molecule has 0 aliphatic heterocycles. The number of carbonyl (C=O) groups excluding carboxylic acids is 2. The number of ether oxygens (including phenoxy) is 1. The van der Waals surface area contributed by atoms with Gasteiger partial charge in [-0.3, -0.25) is 9.59 Å².